The van der Waals surface area contributed by atoms with Crippen LogP contribution in [0.15, 0.2) is 27.4 Å². The Labute approximate surface area is 106 Å². The number of nitrogens with one attached hydrogen (secondary N) is 1. The second-order valence-corrected chi connectivity index (χ2v) is 4.67. The van der Waals surface area contributed by atoms with Crippen LogP contribution in [0.3, 0.4) is 0 Å². The van der Waals surface area contributed by atoms with E-state index in [2.05, 4.69) is 12.2 Å². The lowest BCUT2D eigenvalue weighted by Crippen LogP contribution is -2.15. The first kappa shape index (κ1) is 12.7. The molecule has 3 N–H and O–H groups in total. The molecular weight excluding hydrogens is 230 g/mol. The minimum Gasteiger partial charge on any atom is -0.408 e. The van der Waals surface area contributed by atoms with Crippen molar-refractivity contribution in [2.24, 2.45) is 18.7 Å². The van der Waals surface area contributed by atoms with Gasteiger partial charge in [0.1, 0.15) is 0 Å². The number of aryl methyl sites for hydroxylation is 1. The van der Waals surface area contributed by atoms with E-state index >= 15 is 0 Å². The Balaban J connectivity index is 2.13. The van der Waals surface area contributed by atoms with Crippen molar-refractivity contribution in [1.29, 1.82) is 0 Å². The van der Waals surface area contributed by atoms with Crippen LogP contribution in [-0.2, 0) is 7.05 Å². The van der Waals surface area contributed by atoms with Crippen LogP contribution in [0.1, 0.15) is 13.3 Å². The van der Waals surface area contributed by atoms with E-state index in [4.69, 9.17) is 10.2 Å². The van der Waals surface area contributed by atoms with Gasteiger partial charge in [-0.1, -0.05) is 6.92 Å². The van der Waals surface area contributed by atoms with E-state index in [1.807, 2.05) is 18.2 Å². The fourth-order valence-electron chi connectivity index (χ4n) is 1.92. The predicted octanol–water partition coefficient (Wildman–Crippen LogP) is 1.53. The van der Waals surface area contributed by atoms with Crippen molar-refractivity contribution in [3.05, 3.63) is 28.7 Å². The van der Waals surface area contributed by atoms with Crippen LogP contribution >= 0.6 is 0 Å². The van der Waals surface area contributed by atoms with Crippen LogP contribution < -0.4 is 16.8 Å². The largest absolute Gasteiger partial charge is 0.419 e. The van der Waals surface area contributed by atoms with Crippen molar-refractivity contribution >= 4 is 16.8 Å². The van der Waals surface area contributed by atoms with Gasteiger partial charge in [0.25, 0.3) is 0 Å². The average Bonchev–Trinajstić information content (AvgIpc) is 2.63. The summed E-state index contributed by atoms with van der Waals surface area (Å²) >= 11 is 0. The Hall–Kier alpha value is -1.75. The third-order valence-electron chi connectivity index (χ3n) is 3.11. The third-order valence-corrected chi connectivity index (χ3v) is 3.11. The fourth-order valence-corrected chi connectivity index (χ4v) is 1.92. The first-order chi connectivity index (χ1) is 8.61. The van der Waals surface area contributed by atoms with Gasteiger partial charge in [-0.25, -0.2) is 4.79 Å². The Morgan fingerprint density at radius 2 is 2.28 bits per heavy atom. The molecule has 0 aliphatic carbocycles. The summed E-state index contributed by atoms with van der Waals surface area (Å²) in [6.45, 7) is 3.72. The Bertz CT molecular complexity index is 585. The van der Waals surface area contributed by atoms with Gasteiger partial charge >= 0.3 is 5.76 Å². The van der Waals surface area contributed by atoms with Gasteiger partial charge < -0.3 is 15.5 Å². The lowest BCUT2D eigenvalue weighted by molar-refractivity contribution is 0.528. The lowest BCUT2D eigenvalue weighted by atomic mass is 10.1. The molecule has 0 bridgehead atoms. The third kappa shape index (κ3) is 2.56. The standard InChI is InChI=1S/C13H19N3O2/c1-9(5-6-14)8-15-10-3-4-11-12(7-10)18-13(17)16(11)2/h3-4,7,9,15H,5-6,8,14H2,1-2H3. The summed E-state index contributed by atoms with van der Waals surface area (Å²) < 4.78 is 6.64. The maximum atomic E-state index is 11.4. The van der Waals surface area contributed by atoms with Gasteiger partial charge in [0, 0.05) is 25.3 Å². The molecule has 0 fully saturated rings. The van der Waals surface area contributed by atoms with Gasteiger partial charge in [-0.05, 0) is 31.0 Å². The molecule has 2 aromatic rings. The van der Waals surface area contributed by atoms with E-state index < -0.39 is 0 Å². The lowest BCUT2D eigenvalue weighted by Gasteiger charge is -2.12. The summed E-state index contributed by atoms with van der Waals surface area (Å²) in [5.74, 6) is 0.187. The number of fused-ring (bicyclic) bond motifs is 1. The van der Waals surface area contributed by atoms with Gasteiger partial charge in [0.2, 0.25) is 0 Å². The molecule has 2 rings (SSSR count). The van der Waals surface area contributed by atoms with Crippen LogP contribution in [0.4, 0.5) is 5.69 Å². The van der Waals surface area contributed by atoms with Crippen LogP contribution in [0, 0.1) is 5.92 Å². The quantitative estimate of drug-likeness (QED) is 0.842. The van der Waals surface area contributed by atoms with Gasteiger partial charge in [-0.3, -0.25) is 4.57 Å². The number of oxazole rings is 1. The highest BCUT2D eigenvalue weighted by Crippen LogP contribution is 2.18. The van der Waals surface area contributed by atoms with E-state index in [9.17, 15) is 4.79 Å². The summed E-state index contributed by atoms with van der Waals surface area (Å²) in [4.78, 5) is 11.4. The monoisotopic (exact) mass is 249 g/mol. The van der Waals surface area contributed by atoms with Crippen molar-refractivity contribution < 1.29 is 4.42 Å². The van der Waals surface area contributed by atoms with Gasteiger partial charge in [0.15, 0.2) is 5.58 Å². The fraction of sp³-hybridized carbons (Fsp3) is 0.462. The van der Waals surface area contributed by atoms with Crippen molar-refractivity contribution in [1.82, 2.24) is 4.57 Å². The average molecular weight is 249 g/mol. The van der Waals surface area contributed by atoms with Gasteiger partial charge in [0.05, 0.1) is 5.52 Å². The van der Waals surface area contributed by atoms with E-state index in [1.165, 1.54) is 4.57 Å². The molecule has 1 aromatic carbocycles. The van der Waals surface area contributed by atoms with Gasteiger partial charge in [-0.2, -0.15) is 0 Å². The zero-order chi connectivity index (χ0) is 13.1. The van der Waals surface area contributed by atoms with Crippen molar-refractivity contribution in [2.45, 2.75) is 13.3 Å². The molecule has 5 heteroatoms. The number of nitrogens with two attached hydrogens (primary N) is 1. The highest BCUT2D eigenvalue weighted by Gasteiger charge is 2.07. The van der Waals surface area contributed by atoms with Crippen LogP contribution in [0.2, 0.25) is 0 Å². The number of hydrogen-bond donors (Lipinski definition) is 2. The van der Waals surface area contributed by atoms with Crippen LogP contribution in [0.25, 0.3) is 11.1 Å². The smallest absolute Gasteiger partial charge is 0.408 e. The minimum absolute atomic E-state index is 0.335. The highest BCUT2D eigenvalue weighted by atomic mass is 16.4. The highest BCUT2D eigenvalue weighted by molar-refractivity contribution is 5.77. The molecular formula is C13H19N3O2. The maximum absolute atomic E-state index is 11.4. The Morgan fingerprint density at radius 3 is 3.00 bits per heavy atom. The number of nitrogens with zero attached hydrogens (tertiary/aromatic N) is 1. The predicted molar refractivity (Wildman–Crippen MR) is 72.8 cm³/mol. The number of benzene rings is 1. The van der Waals surface area contributed by atoms with Crippen molar-refractivity contribution in [3.8, 4) is 0 Å². The molecule has 98 valence electrons. The van der Waals surface area contributed by atoms with Crippen LogP contribution in [-0.4, -0.2) is 17.7 Å². The Kier molecular flexibility index (Phi) is 3.72. The molecule has 0 amide bonds. The van der Waals surface area contributed by atoms with Crippen molar-refractivity contribution in [3.63, 3.8) is 0 Å². The molecule has 0 radical (unpaired) electrons. The summed E-state index contributed by atoms with van der Waals surface area (Å²) in [5, 5.41) is 3.32. The van der Waals surface area contributed by atoms with E-state index in [-0.39, 0.29) is 5.76 Å². The topological polar surface area (TPSA) is 73.2 Å². The molecule has 0 aliphatic rings. The molecule has 0 saturated carbocycles. The summed E-state index contributed by atoms with van der Waals surface area (Å²) in [6, 6.07) is 5.69. The summed E-state index contributed by atoms with van der Waals surface area (Å²) in [5.41, 5.74) is 7.89. The Morgan fingerprint density at radius 1 is 1.50 bits per heavy atom. The summed E-state index contributed by atoms with van der Waals surface area (Å²) in [6.07, 6.45) is 0.996. The molecule has 1 atom stereocenters. The second kappa shape index (κ2) is 5.27. The molecule has 1 heterocycles. The van der Waals surface area contributed by atoms with Crippen LogP contribution in [0.5, 0.6) is 0 Å². The van der Waals surface area contributed by atoms with Crippen molar-refractivity contribution in [2.75, 3.05) is 18.4 Å². The zero-order valence-corrected chi connectivity index (χ0v) is 10.8. The SMILES string of the molecule is CC(CCN)CNc1ccc2c(c1)oc(=O)n2C. The molecule has 0 saturated heterocycles. The van der Waals surface area contributed by atoms with E-state index in [1.54, 1.807) is 7.05 Å². The first-order valence-electron chi connectivity index (χ1n) is 6.15. The second-order valence-electron chi connectivity index (χ2n) is 4.67. The normalized spacial score (nSPS) is 12.8. The molecule has 0 spiro atoms. The number of aromatic nitrogens is 1. The molecule has 1 aromatic heterocycles. The number of rotatable bonds is 5. The van der Waals surface area contributed by atoms with Gasteiger partial charge in [-0.15, -0.1) is 0 Å². The minimum atomic E-state index is -0.335. The van der Waals surface area contributed by atoms with E-state index in [0.29, 0.717) is 18.0 Å². The zero-order valence-electron chi connectivity index (χ0n) is 10.8. The maximum Gasteiger partial charge on any atom is 0.419 e. The molecule has 18 heavy (non-hydrogen) atoms. The molecule has 5 nitrogen and oxygen atoms in total. The molecule has 1 unspecified atom stereocenters. The molecule has 0 aliphatic heterocycles. The first-order valence-corrected chi connectivity index (χ1v) is 6.15. The van der Waals surface area contributed by atoms with E-state index in [0.717, 1.165) is 24.2 Å². The number of hydrogen-bond acceptors (Lipinski definition) is 4. The summed E-state index contributed by atoms with van der Waals surface area (Å²) in [7, 11) is 1.70. The number of anilines is 1.